The maximum atomic E-state index is 8.93. The smallest absolute Gasteiger partial charge is 0.124 e. The van der Waals surface area contributed by atoms with Crippen LogP contribution >= 0.6 is 27.3 Å². The van der Waals surface area contributed by atoms with Crippen LogP contribution in [0.5, 0.6) is 0 Å². The van der Waals surface area contributed by atoms with Gasteiger partial charge in [-0.1, -0.05) is 23.8 Å². The summed E-state index contributed by atoms with van der Waals surface area (Å²) >= 11 is 5.05. The van der Waals surface area contributed by atoms with E-state index >= 15 is 0 Å². The van der Waals surface area contributed by atoms with Gasteiger partial charge in [-0.05, 0) is 28.9 Å². The molecule has 4 heteroatoms. The molecule has 0 aliphatic rings. The lowest BCUT2D eigenvalue weighted by Gasteiger charge is -1.96. The largest absolute Gasteiger partial charge is 0.396 e. The van der Waals surface area contributed by atoms with Gasteiger partial charge in [-0.25, -0.2) is 4.98 Å². The van der Waals surface area contributed by atoms with Gasteiger partial charge in [-0.15, -0.1) is 11.3 Å². The van der Waals surface area contributed by atoms with Gasteiger partial charge in [0.1, 0.15) is 9.61 Å². The molecule has 0 fully saturated rings. The van der Waals surface area contributed by atoms with Crippen molar-refractivity contribution in [3.63, 3.8) is 0 Å². The standard InChI is InChI=1S/C12H12BrNOS/c1-8-3-2-4-9(7-8)12-14-11(13)10(16-12)5-6-15/h2-4,7,15H,5-6H2,1H3. The molecule has 0 amide bonds. The minimum Gasteiger partial charge on any atom is -0.396 e. The Balaban J connectivity index is 2.37. The Morgan fingerprint density at radius 2 is 2.25 bits per heavy atom. The second kappa shape index (κ2) is 5.08. The SMILES string of the molecule is Cc1cccc(-c2nc(Br)c(CCO)s2)c1. The molecular formula is C12H12BrNOS. The van der Waals surface area contributed by atoms with Crippen molar-refractivity contribution >= 4 is 27.3 Å². The van der Waals surface area contributed by atoms with E-state index in [-0.39, 0.29) is 6.61 Å². The molecule has 1 heterocycles. The first-order valence-corrected chi connectivity index (χ1v) is 6.65. The Hall–Kier alpha value is -0.710. The van der Waals surface area contributed by atoms with Gasteiger partial charge < -0.3 is 5.11 Å². The molecule has 0 aliphatic heterocycles. The second-order valence-electron chi connectivity index (χ2n) is 3.58. The highest BCUT2D eigenvalue weighted by Crippen LogP contribution is 2.31. The summed E-state index contributed by atoms with van der Waals surface area (Å²) in [6.07, 6.45) is 0.657. The number of thiazole rings is 1. The van der Waals surface area contributed by atoms with Crippen molar-refractivity contribution in [2.24, 2.45) is 0 Å². The van der Waals surface area contributed by atoms with Crippen molar-refractivity contribution in [1.29, 1.82) is 0 Å². The van der Waals surface area contributed by atoms with E-state index in [0.717, 1.165) is 20.1 Å². The van der Waals surface area contributed by atoms with Crippen LogP contribution in [0.3, 0.4) is 0 Å². The second-order valence-corrected chi connectivity index (χ2v) is 5.41. The summed E-state index contributed by atoms with van der Waals surface area (Å²) in [7, 11) is 0. The minimum atomic E-state index is 0.161. The quantitative estimate of drug-likeness (QED) is 0.942. The lowest BCUT2D eigenvalue weighted by atomic mass is 10.1. The van der Waals surface area contributed by atoms with Crippen LogP contribution in [0, 0.1) is 6.92 Å². The number of hydrogen-bond acceptors (Lipinski definition) is 3. The number of halogens is 1. The zero-order valence-corrected chi connectivity index (χ0v) is 11.3. The van der Waals surface area contributed by atoms with Crippen LogP contribution in [0.4, 0.5) is 0 Å². The highest BCUT2D eigenvalue weighted by molar-refractivity contribution is 9.10. The van der Waals surface area contributed by atoms with E-state index in [1.54, 1.807) is 11.3 Å². The summed E-state index contributed by atoms with van der Waals surface area (Å²) in [4.78, 5) is 5.56. The summed E-state index contributed by atoms with van der Waals surface area (Å²) in [5, 5.41) is 9.93. The normalized spacial score (nSPS) is 10.7. The molecule has 0 saturated heterocycles. The van der Waals surface area contributed by atoms with Crippen LogP contribution in [-0.4, -0.2) is 16.7 Å². The molecule has 0 atom stereocenters. The van der Waals surface area contributed by atoms with E-state index in [2.05, 4.69) is 46.0 Å². The molecule has 0 unspecified atom stereocenters. The van der Waals surface area contributed by atoms with E-state index in [1.807, 2.05) is 6.07 Å². The van der Waals surface area contributed by atoms with E-state index < -0.39 is 0 Å². The Morgan fingerprint density at radius 3 is 2.94 bits per heavy atom. The Bertz CT molecular complexity index is 496. The number of nitrogens with zero attached hydrogens (tertiary/aromatic N) is 1. The first-order valence-electron chi connectivity index (χ1n) is 5.04. The molecule has 1 aromatic carbocycles. The fourth-order valence-corrected chi connectivity index (χ4v) is 3.16. The molecule has 16 heavy (non-hydrogen) atoms. The number of aryl methyl sites for hydroxylation is 1. The van der Waals surface area contributed by atoms with E-state index in [0.29, 0.717) is 6.42 Å². The van der Waals surface area contributed by atoms with Gasteiger partial charge in [0.15, 0.2) is 0 Å². The molecular weight excluding hydrogens is 286 g/mol. The van der Waals surface area contributed by atoms with Crippen LogP contribution in [0.1, 0.15) is 10.4 Å². The number of hydrogen-bond donors (Lipinski definition) is 1. The highest BCUT2D eigenvalue weighted by Gasteiger charge is 2.09. The first kappa shape index (κ1) is 11.8. The van der Waals surface area contributed by atoms with Crippen molar-refractivity contribution in [1.82, 2.24) is 4.98 Å². The molecule has 2 nitrogen and oxygen atoms in total. The predicted octanol–water partition coefficient (Wildman–Crippen LogP) is 3.42. The molecule has 2 rings (SSSR count). The fourth-order valence-electron chi connectivity index (χ4n) is 1.49. The van der Waals surface area contributed by atoms with Crippen molar-refractivity contribution in [3.05, 3.63) is 39.3 Å². The lowest BCUT2D eigenvalue weighted by molar-refractivity contribution is 0.300. The summed E-state index contributed by atoms with van der Waals surface area (Å²) in [5.74, 6) is 0. The number of benzene rings is 1. The van der Waals surface area contributed by atoms with E-state index in [1.165, 1.54) is 5.56 Å². The third kappa shape index (κ3) is 2.51. The van der Waals surface area contributed by atoms with Crippen molar-refractivity contribution in [2.75, 3.05) is 6.61 Å². The Morgan fingerprint density at radius 1 is 1.44 bits per heavy atom. The number of aliphatic hydroxyl groups is 1. The summed E-state index contributed by atoms with van der Waals surface area (Å²) < 4.78 is 0.850. The van der Waals surface area contributed by atoms with E-state index in [4.69, 9.17) is 5.11 Å². The molecule has 0 aliphatic carbocycles. The predicted molar refractivity (Wildman–Crippen MR) is 70.8 cm³/mol. The van der Waals surface area contributed by atoms with Gasteiger partial charge in [0.25, 0.3) is 0 Å². The first-order chi connectivity index (χ1) is 7.70. The molecule has 84 valence electrons. The van der Waals surface area contributed by atoms with Gasteiger partial charge >= 0.3 is 0 Å². The molecule has 0 bridgehead atoms. The average Bonchev–Trinajstić information content (AvgIpc) is 2.61. The highest BCUT2D eigenvalue weighted by atomic mass is 79.9. The molecule has 0 saturated carbocycles. The van der Waals surface area contributed by atoms with Gasteiger partial charge in [0, 0.05) is 23.5 Å². The molecule has 0 radical (unpaired) electrons. The van der Waals surface area contributed by atoms with Gasteiger partial charge in [0.05, 0.1) is 0 Å². The third-order valence-electron chi connectivity index (χ3n) is 2.25. The molecule has 0 spiro atoms. The summed E-state index contributed by atoms with van der Waals surface area (Å²) in [5.41, 5.74) is 2.36. The Labute approximate surface area is 107 Å². The topological polar surface area (TPSA) is 33.1 Å². The molecule has 1 N–H and O–H groups in total. The van der Waals surface area contributed by atoms with Gasteiger partial charge in [-0.3, -0.25) is 0 Å². The average molecular weight is 298 g/mol. The van der Waals surface area contributed by atoms with Crippen LogP contribution in [0.25, 0.3) is 10.6 Å². The van der Waals surface area contributed by atoms with Crippen molar-refractivity contribution in [2.45, 2.75) is 13.3 Å². The summed E-state index contributed by atoms with van der Waals surface area (Å²) in [6, 6.07) is 8.28. The summed E-state index contributed by atoms with van der Waals surface area (Å²) in [6.45, 7) is 2.23. The zero-order valence-electron chi connectivity index (χ0n) is 8.90. The van der Waals surface area contributed by atoms with Crippen LogP contribution in [-0.2, 0) is 6.42 Å². The van der Waals surface area contributed by atoms with Crippen molar-refractivity contribution in [3.8, 4) is 10.6 Å². The number of rotatable bonds is 3. The van der Waals surface area contributed by atoms with Crippen LogP contribution in [0.2, 0.25) is 0 Å². The van der Waals surface area contributed by atoms with E-state index in [9.17, 15) is 0 Å². The van der Waals surface area contributed by atoms with Crippen LogP contribution in [0.15, 0.2) is 28.9 Å². The monoisotopic (exact) mass is 297 g/mol. The zero-order chi connectivity index (χ0) is 11.5. The lowest BCUT2D eigenvalue weighted by Crippen LogP contribution is -1.86. The third-order valence-corrected chi connectivity index (χ3v) is 4.34. The maximum Gasteiger partial charge on any atom is 0.124 e. The van der Waals surface area contributed by atoms with Crippen molar-refractivity contribution < 1.29 is 5.11 Å². The maximum absolute atomic E-state index is 8.93. The molecule has 1 aromatic heterocycles. The minimum absolute atomic E-state index is 0.161. The number of aromatic nitrogens is 1. The van der Waals surface area contributed by atoms with Crippen LogP contribution < -0.4 is 0 Å². The van der Waals surface area contributed by atoms with Gasteiger partial charge in [0.2, 0.25) is 0 Å². The fraction of sp³-hybridized carbons (Fsp3) is 0.250. The molecule has 2 aromatic rings. The van der Waals surface area contributed by atoms with Gasteiger partial charge in [-0.2, -0.15) is 0 Å². The number of aliphatic hydroxyl groups excluding tert-OH is 1. The Kier molecular flexibility index (Phi) is 3.74.